The van der Waals surface area contributed by atoms with Gasteiger partial charge in [-0.05, 0) is 61.1 Å². The Labute approximate surface area is 107 Å². The molecule has 1 aliphatic carbocycles. The first-order chi connectivity index (χ1) is 8.11. The highest BCUT2D eigenvalue weighted by Crippen LogP contribution is 2.34. The molecular weight excluding hydrogens is 230 g/mol. The normalized spacial score (nSPS) is 19.8. The molecule has 0 amide bonds. The van der Waals surface area contributed by atoms with E-state index in [1.165, 1.54) is 18.2 Å². The molecule has 2 aliphatic rings. The Bertz CT molecular complexity index is 442. The van der Waals surface area contributed by atoms with Gasteiger partial charge in [0, 0.05) is 5.75 Å². The molecule has 92 valence electrons. The van der Waals surface area contributed by atoms with Gasteiger partial charge >= 0.3 is 0 Å². The lowest BCUT2D eigenvalue weighted by atomic mass is 9.86. The summed E-state index contributed by atoms with van der Waals surface area (Å²) >= 11 is 1.83. The molecule has 2 rings (SSSR count). The van der Waals surface area contributed by atoms with Gasteiger partial charge in [-0.15, -0.1) is 11.8 Å². The Morgan fingerprint density at radius 3 is 2.35 bits per heavy atom. The molecule has 17 heavy (non-hydrogen) atoms. The molecule has 0 spiro atoms. The average molecular weight is 249 g/mol. The Morgan fingerprint density at radius 1 is 1.18 bits per heavy atom. The van der Waals surface area contributed by atoms with Crippen LogP contribution >= 0.6 is 11.8 Å². The van der Waals surface area contributed by atoms with Crippen molar-refractivity contribution in [2.45, 2.75) is 20.3 Å². The van der Waals surface area contributed by atoms with Gasteiger partial charge in [-0.25, -0.2) is 0 Å². The largest absolute Gasteiger partial charge is 0.333 e. The smallest absolute Gasteiger partial charge is 0.0821 e. The molecule has 0 saturated heterocycles. The van der Waals surface area contributed by atoms with E-state index in [2.05, 4.69) is 11.1 Å². The topological polar surface area (TPSA) is 73.7 Å². The zero-order valence-corrected chi connectivity index (χ0v) is 11.4. The van der Waals surface area contributed by atoms with E-state index in [1.54, 1.807) is 0 Å². The number of rotatable bonds is 1. The van der Waals surface area contributed by atoms with E-state index >= 15 is 0 Å². The number of hydrogen-bond acceptors (Lipinski definition) is 4. The van der Waals surface area contributed by atoms with Gasteiger partial charge in [-0.2, -0.15) is 0 Å². The Balaban J connectivity index is 0.000000686. The van der Waals surface area contributed by atoms with Crippen molar-refractivity contribution in [2.75, 3.05) is 12.8 Å². The highest BCUT2D eigenvalue weighted by molar-refractivity contribution is 8.02. The average Bonchev–Trinajstić information content (AvgIpc) is 2.87. The molecule has 0 unspecified atom stereocenters. The van der Waals surface area contributed by atoms with Crippen LogP contribution < -0.4 is 5.73 Å². The van der Waals surface area contributed by atoms with Gasteiger partial charge in [0.25, 0.3) is 0 Å². The summed E-state index contributed by atoms with van der Waals surface area (Å²) in [5.41, 5.74) is 9.79. The van der Waals surface area contributed by atoms with Crippen LogP contribution in [0.2, 0.25) is 0 Å². The summed E-state index contributed by atoms with van der Waals surface area (Å²) in [5, 5.41) is 17.7. The molecule has 3 nitrogen and oxygen atoms in total. The monoisotopic (exact) mass is 249 g/mol. The van der Waals surface area contributed by atoms with Gasteiger partial charge in [0.15, 0.2) is 0 Å². The molecule has 0 atom stereocenters. The van der Waals surface area contributed by atoms with Gasteiger partial charge in [0.2, 0.25) is 0 Å². The summed E-state index contributed by atoms with van der Waals surface area (Å²) < 4.78 is 0. The number of nitrogens with two attached hydrogens (primary N) is 1. The van der Waals surface area contributed by atoms with Crippen molar-refractivity contribution in [3.8, 4) is 0 Å². The van der Waals surface area contributed by atoms with Crippen LogP contribution in [0.5, 0.6) is 0 Å². The molecule has 4 N–H and O–H groups in total. The summed E-state index contributed by atoms with van der Waals surface area (Å²) in [6, 6.07) is 0. The number of thioether (sulfide) groups is 1. The van der Waals surface area contributed by atoms with Crippen molar-refractivity contribution in [1.82, 2.24) is 0 Å². The minimum Gasteiger partial charge on any atom is -0.333 e. The van der Waals surface area contributed by atoms with E-state index in [0.29, 0.717) is 11.4 Å². The van der Waals surface area contributed by atoms with Crippen molar-refractivity contribution in [3.05, 3.63) is 33.8 Å². The first-order valence-electron chi connectivity index (χ1n) is 5.57. The van der Waals surface area contributed by atoms with Crippen molar-refractivity contribution in [3.63, 3.8) is 0 Å². The molecule has 0 radical (unpaired) electrons. The van der Waals surface area contributed by atoms with E-state index in [4.69, 9.17) is 10.8 Å². The molecule has 1 heterocycles. The standard InChI is InChI=1S/C12H14N2S.CH5N/c1-7-8(2)12(14)11(13)5-10(7)9-3-4-15-6-9;1-2/h5-6,13-14H,3-4H2,1-2H3;2H2,1H3. The zero-order chi connectivity index (χ0) is 13.0. The Kier molecular flexibility index (Phi) is 4.90. The van der Waals surface area contributed by atoms with Gasteiger partial charge in [0.1, 0.15) is 0 Å². The summed E-state index contributed by atoms with van der Waals surface area (Å²) in [5.74, 6) is 1.14. The van der Waals surface area contributed by atoms with Gasteiger partial charge in [0.05, 0.1) is 11.4 Å². The third kappa shape index (κ3) is 2.76. The lowest BCUT2D eigenvalue weighted by Crippen LogP contribution is -2.18. The Morgan fingerprint density at radius 2 is 1.82 bits per heavy atom. The zero-order valence-electron chi connectivity index (χ0n) is 10.6. The van der Waals surface area contributed by atoms with Gasteiger partial charge in [-0.1, -0.05) is 0 Å². The van der Waals surface area contributed by atoms with E-state index in [9.17, 15) is 0 Å². The SMILES string of the molecule is CC1=C(C)C(C2=CSCC2)=CC(=N)C1=N.CN. The predicted octanol–water partition coefficient (Wildman–Crippen LogP) is 2.90. The summed E-state index contributed by atoms with van der Waals surface area (Å²) in [6.45, 7) is 3.98. The first-order valence-corrected chi connectivity index (χ1v) is 6.62. The van der Waals surface area contributed by atoms with Crippen LogP contribution in [0.3, 0.4) is 0 Å². The van der Waals surface area contributed by atoms with E-state index < -0.39 is 0 Å². The number of nitrogens with one attached hydrogen (secondary N) is 2. The van der Waals surface area contributed by atoms with Crippen molar-refractivity contribution >= 4 is 23.2 Å². The summed E-state index contributed by atoms with van der Waals surface area (Å²) in [6.07, 6.45) is 2.92. The second kappa shape index (κ2) is 5.98. The van der Waals surface area contributed by atoms with Crippen LogP contribution in [0.4, 0.5) is 0 Å². The summed E-state index contributed by atoms with van der Waals surface area (Å²) in [4.78, 5) is 0. The van der Waals surface area contributed by atoms with Crippen molar-refractivity contribution in [1.29, 1.82) is 10.8 Å². The van der Waals surface area contributed by atoms with Crippen LogP contribution in [0.15, 0.2) is 33.8 Å². The maximum absolute atomic E-state index is 7.74. The van der Waals surface area contributed by atoms with Crippen molar-refractivity contribution in [2.24, 2.45) is 5.73 Å². The summed E-state index contributed by atoms with van der Waals surface area (Å²) in [7, 11) is 1.50. The minimum absolute atomic E-state index is 0.339. The number of allylic oxidation sites excluding steroid dienone is 5. The van der Waals surface area contributed by atoms with Crippen molar-refractivity contribution < 1.29 is 0 Å². The molecule has 4 heteroatoms. The molecule has 0 bridgehead atoms. The molecule has 0 saturated carbocycles. The third-order valence-electron chi connectivity index (χ3n) is 2.96. The fourth-order valence-corrected chi connectivity index (χ4v) is 2.74. The van der Waals surface area contributed by atoms with E-state index in [0.717, 1.165) is 23.3 Å². The molecule has 0 aromatic carbocycles. The lowest BCUT2D eigenvalue weighted by Gasteiger charge is -2.19. The Hall–Kier alpha value is -1.13. The lowest BCUT2D eigenvalue weighted by molar-refractivity contribution is 1.14. The molecular formula is C13H19N3S. The fourth-order valence-electron chi connectivity index (χ4n) is 1.84. The van der Waals surface area contributed by atoms with E-state index in [-0.39, 0.29) is 0 Å². The maximum atomic E-state index is 7.74. The fraction of sp³-hybridized carbons (Fsp3) is 0.385. The first kappa shape index (κ1) is 13.9. The van der Waals surface area contributed by atoms with Crippen LogP contribution in [-0.4, -0.2) is 24.2 Å². The second-order valence-electron chi connectivity index (χ2n) is 3.86. The van der Waals surface area contributed by atoms with Gasteiger partial charge < -0.3 is 5.73 Å². The minimum atomic E-state index is 0.339. The van der Waals surface area contributed by atoms with Crippen LogP contribution in [-0.2, 0) is 0 Å². The molecule has 0 aromatic heterocycles. The van der Waals surface area contributed by atoms with Crippen LogP contribution in [0.25, 0.3) is 0 Å². The highest BCUT2D eigenvalue weighted by atomic mass is 32.2. The maximum Gasteiger partial charge on any atom is 0.0821 e. The van der Waals surface area contributed by atoms with Crippen LogP contribution in [0.1, 0.15) is 20.3 Å². The number of hydrogen-bond donors (Lipinski definition) is 3. The van der Waals surface area contributed by atoms with Crippen LogP contribution in [0, 0.1) is 10.8 Å². The second-order valence-corrected chi connectivity index (χ2v) is 4.84. The third-order valence-corrected chi connectivity index (χ3v) is 3.85. The van der Waals surface area contributed by atoms with E-state index in [1.807, 2.05) is 31.7 Å². The van der Waals surface area contributed by atoms with Gasteiger partial charge in [-0.3, -0.25) is 10.8 Å². The predicted molar refractivity (Wildman–Crippen MR) is 77.2 cm³/mol. The quantitative estimate of drug-likeness (QED) is 0.625. The molecule has 0 aromatic rings. The molecule has 1 aliphatic heterocycles. The molecule has 0 fully saturated rings. The highest BCUT2D eigenvalue weighted by Gasteiger charge is 2.21.